The van der Waals surface area contributed by atoms with Crippen LogP contribution in [0.2, 0.25) is 0 Å². The zero-order chi connectivity index (χ0) is 29.7. The highest BCUT2D eigenvalue weighted by Gasteiger charge is 2.31. The van der Waals surface area contributed by atoms with Crippen molar-refractivity contribution in [2.45, 2.75) is 45.1 Å². The number of rotatable bonds is 14. The summed E-state index contributed by atoms with van der Waals surface area (Å²) in [6, 6.07) is 22.8. The molecule has 4 N–H and O–H groups in total. The first-order valence-electron chi connectivity index (χ1n) is 14.2. The Morgan fingerprint density at radius 3 is 2.57 bits per heavy atom. The zero-order valence-corrected chi connectivity index (χ0v) is 23.8. The van der Waals surface area contributed by atoms with E-state index in [1.165, 1.54) is 5.56 Å². The normalized spacial score (nSPS) is 14.5. The molecule has 1 heterocycles. The predicted octanol–water partition coefficient (Wildman–Crippen LogP) is 5.00. The van der Waals surface area contributed by atoms with Gasteiger partial charge in [0.15, 0.2) is 17.7 Å². The summed E-state index contributed by atoms with van der Waals surface area (Å²) < 4.78 is 17.0. The van der Waals surface area contributed by atoms with E-state index in [9.17, 15) is 14.8 Å². The van der Waals surface area contributed by atoms with Crippen LogP contribution < -0.4 is 25.4 Å². The molecule has 0 saturated carbocycles. The molecule has 42 heavy (non-hydrogen) atoms. The van der Waals surface area contributed by atoms with E-state index in [2.05, 4.69) is 22.6 Å². The number of anilines is 2. The summed E-state index contributed by atoms with van der Waals surface area (Å²) in [6.45, 7) is 3.53. The Balaban J connectivity index is 1.36. The summed E-state index contributed by atoms with van der Waals surface area (Å²) in [6.07, 6.45) is 3.04. The van der Waals surface area contributed by atoms with Crippen molar-refractivity contribution < 1.29 is 29.0 Å². The monoisotopic (exact) mass is 574 g/mol. The second-order valence-corrected chi connectivity index (χ2v) is 9.91. The molecular weight excluding hydrogens is 536 g/mol. The number of amides is 1. The Hall–Kier alpha value is -4.73. The minimum atomic E-state index is -0.743. The van der Waals surface area contributed by atoms with E-state index in [0.29, 0.717) is 55.5 Å². The van der Waals surface area contributed by atoms with Crippen LogP contribution in [0.5, 0.6) is 11.5 Å². The number of fused-ring (bicyclic) bond motifs is 1. The van der Waals surface area contributed by atoms with Crippen molar-refractivity contribution in [2.75, 3.05) is 36.5 Å². The Labute approximate surface area is 246 Å². The highest BCUT2D eigenvalue weighted by molar-refractivity contribution is 6.05. The lowest BCUT2D eigenvalue weighted by molar-refractivity contribution is -0.143. The summed E-state index contributed by atoms with van der Waals surface area (Å²) in [5.41, 5.74) is 8.85. The van der Waals surface area contributed by atoms with Crippen LogP contribution in [0.15, 0.2) is 78.0 Å². The highest BCUT2D eigenvalue weighted by Crippen LogP contribution is 2.40. The van der Waals surface area contributed by atoms with Crippen LogP contribution in [0.4, 0.5) is 11.4 Å². The molecular formula is C32H38N4O6. The third-order valence-electron chi connectivity index (χ3n) is 6.88. The molecule has 0 spiro atoms. The van der Waals surface area contributed by atoms with Gasteiger partial charge in [-0.1, -0.05) is 41.6 Å². The van der Waals surface area contributed by atoms with Gasteiger partial charge in [-0.3, -0.25) is 9.59 Å². The molecule has 3 aromatic carbocycles. The number of amidine groups is 1. The molecule has 222 valence electrons. The maximum absolute atomic E-state index is 13.1. The second-order valence-electron chi connectivity index (χ2n) is 9.91. The molecule has 4 rings (SSSR count). The van der Waals surface area contributed by atoms with Gasteiger partial charge in [-0.2, -0.15) is 0 Å². The number of hydrogen-bond donors (Lipinski definition) is 3. The van der Waals surface area contributed by atoms with Gasteiger partial charge in [0.05, 0.1) is 31.1 Å². The molecule has 3 aromatic rings. The van der Waals surface area contributed by atoms with Gasteiger partial charge < -0.3 is 35.4 Å². The Kier molecular flexibility index (Phi) is 11.0. The molecule has 0 radical (unpaired) electrons. The Morgan fingerprint density at radius 2 is 1.83 bits per heavy atom. The lowest BCUT2D eigenvalue weighted by Crippen LogP contribution is -2.48. The van der Waals surface area contributed by atoms with Gasteiger partial charge in [0, 0.05) is 18.5 Å². The van der Waals surface area contributed by atoms with E-state index in [0.717, 1.165) is 24.9 Å². The Bertz CT molecular complexity index is 1350. The van der Waals surface area contributed by atoms with E-state index in [4.69, 9.17) is 19.9 Å². The number of nitrogens with two attached hydrogens (primary N) is 1. The number of hydrogen-bond acceptors (Lipinski definition) is 8. The molecule has 1 aliphatic rings. The number of carbonyl (C=O) groups excluding carboxylic acids is 2. The van der Waals surface area contributed by atoms with Gasteiger partial charge in [-0.15, -0.1) is 0 Å². The van der Waals surface area contributed by atoms with Gasteiger partial charge in [0.25, 0.3) is 5.91 Å². The summed E-state index contributed by atoms with van der Waals surface area (Å²) in [7, 11) is 0. The number of nitrogens with one attached hydrogen (secondary N) is 1. The zero-order valence-electron chi connectivity index (χ0n) is 23.8. The second kappa shape index (κ2) is 15.3. The van der Waals surface area contributed by atoms with Crippen molar-refractivity contribution in [3.8, 4) is 11.5 Å². The highest BCUT2D eigenvalue weighted by atomic mass is 16.5. The molecule has 0 bridgehead atoms. The van der Waals surface area contributed by atoms with Crippen LogP contribution >= 0.6 is 0 Å². The Morgan fingerprint density at radius 1 is 1.05 bits per heavy atom. The van der Waals surface area contributed by atoms with Crippen molar-refractivity contribution in [3.63, 3.8) is 0 Å². The van der Waals surface area contributed by atoms with Crippen LogP contribution in [-0.4, -0.2) is 55.3 Å². The smallest absolute Gasteiger partial charge is 0.305 e. The van der Waals surface area contributed by atoms with Crippen LogP contribution in [0, 0.1) is 0 Å². The maximum atomic E-state index is 13.1. The standard InChI is InChI=1S/C32H38N4O6/c1-2-40-29(37)15-9-20-36-22-28(31(33)35-39)42-30-26(13-8-14-27(30)36)34-32(38)24-16-18-25(19-17-24)41-21-7-6-12-23-10-4-3-5-11-23/h3-5,8,10-11,13-14,16-19,28,39H,2,6-7,9,12,15,20-22H2,1H3,(H2,33,35)(H,34,38). The summed E-state index contributed by atoms with van der Waals surface area (Å²) in [4.78, 5) is 26.9. The van der Waals surface area contributed by atoms with Gasteiger partial charge in [-0.05, 0) is 74.6 Å². The largest absolute Gasteiger partial charge is 0.494 e. The topological polar surface area (TPSA) is 136 Å². The lowest BCUT2D eigenvalue weighted by Gasteiger charge is -2.36. The van der Waals surface area contributed by atoms with Crippen LogP contribution in [0.3, 0.4) is 0 Å². The third kappa shape index (κ3) is 8.39. The molecule has 0 fully saturated rings. The molecule has 0 aromatic heterocycles. The summed E-state index contributed by atoms with van der Waals surface area (Å²) in [5, 5.41) is 15.3. The number of esters is 1. The van der Waals surface area contributed by atoms with Crippen LogP contribution in [0.1, 0.15) is 48.5 Å². The quantitative estimate of drug-likeness (QED) is 0.0612. The first-order valence-corrected chi connectivity index (χ1v) is 14.2. The first-order chi connectivity index (χ1) is 20.5. The molecule has 10 nitrogen and oxygen atoms in total. The number of carbonyl (C=O) groups is 2. The van der Waals surface area contributed by atoms with Gasteiger partial charge in [0.2, 0.25) is 0 Å². The minimum Gasteiger partial charge on any atom is -0.494 e. The van der Waals surface area contributed by atoms with Crippen molar-refractivity contribution in [1.29, 1.82) is 0 Å². The van der Waals surface area contributed by atoms with E-state index < -0.39 is 6.10 Å². The minimum absolute atomic E-state index is 0.0900. The predicted molar refractivity (Wildman–Crippen MR) is 162 cm³/mol. The number of ether oxygens (including phenoxy) is 3. The van der Waals surface area contributed by atoms with E-state index >= 15 is 0 Å². The maximum Gasteiger partial charge on any atom is 0.305 e. The van der Waals surface area contributed by atoms with Gasteiger partial charge >= 0.3 is 5.97 Å². The number of benzene rings is 3. The average molecular weight is 575 g/mol. The summed E-state index contributed by atoms with van der Waals surface area (Å²) in [5.74, 6) is 0.431. The van der Waals surface area contributed by atoms with Gasteiger partial charge in [0.1, 0.15) is 5.75 Å². The molecule has 1 aliphatic heterocycles. The average Bonchev–Trinajstić information content (AvgIpc) is 3.01. The van der Waals surface area contributed by atoms with Crippen molar-refractivity contribution in [2.24, 2.45) is 10.9 Å². The molecule has 1 unspecified atom stereocenters. The molecule has 0 saturated heterocycles. The fraction of sp³-hybridized carbons (Fsp3) is 0.344. The fourth-order valence-corrected chi connectivity index (χ4v) is 4.71. The van der Waals surface area contributed by atoms with E-state index in [-0.39, 0.29) is 24.1 Å². The number of para-hydroxylation sites is 1. The first kappa shape index (κ1) is 30.2. The van der Waals surface area contributed by atoms with E-state index in [1.54, 1.807) is 37.3 Å². The number of unbranched alkanes of at least 4 members (excludes halogenated alkanes) is 1. The number of oxime groups is 1. The summed E-state index contributed by atoms with van der Waals surface area (Å²) >= 11 is 0. The SMILES string of the molecule is CCOC(=O)CCCN1CC(C(N)=NO)Oc2c(NC(=O)c3ccc(OCCCCc4ccccc4)cc3)cccc21. The van der Waals surface area contributed by atoms with Crippen molar-refractivity contribution >= 4 is 29.1 Å². The number of aryl methyl sites for hydroxylation is 1. The van der Waals surface area contributed by atoms with Crippen molar-refractivity contribution in [1.82, 2.24) is 0 Å². The molecule has 1 amide bonds. The third-order valence-corrected chi connectivity index (χ3v) is 6.88. The lowest BCUT2D eigenvalue weighted by atomic mass is 10.1. The number of nitrogens with zero attached hydrogens (tertiary/aromatic N) is 2. The molecule has 0 aliphatic carbocycles. The molecule has 1 atom stereocenters. The van der Waals surface area contributed by atoms with Gasteiger partial charge in [-0.25, -0.2) is 0 Å². The van der Waals surface area contributed by atoms with Crippen LogP contribution in [-0.2, 0) is 16.0 Å². The van der Waals surface area contributed by atoms with Crippen molar-refractivity contribution in [3.05, 3.63) is 83.9 Å². The van der Waals surface area contributed by atoms with Crippen LogP contribution in [0.25, 0.3) is 0 Å². The fourth-order valence-electron chi connectivity index (χ4n) is 4.71. The molecule has 10 heteroatoms. The van der Waals surface area contributed by atoms with E-state index in [1.807, 2.05) is 35.2 Å².